The molecule has 0 bridgehead atoms. The first-order chi connectivity index (χ1) is 7.34. The van der Waals surface area contributed by atoms with Crippen molar-refractivity contribution in [1.82, 2.24) is 5.32 Å². The predicted octanol–water partition coefficient (Wildman–Crippen LogP) is 3.31. The maximum absolute atomic E-state index is 5.70. The summed E-state index contributed by atoms with van der Waals surface area (Å²) in [5.41, 5.74) is 0. The van der Waals surface area contributed by atoms with Crippen molar-refractivity contribution in [3.05, 3.63) is 23.1 Å². The first-order valence-electron chi connectivity index (χ1n) is 5.40. The lowest BCUT2D eigenvalue weighted by molar-refractivity contribution is 0.429. The summed E-state index contributed by atoms with van der Waals surface area (Å²) in [4.78, 5) is 0. The third-order valence-corrected chi connectivity index (χ3v) is 3.93. The highest BCUT2D eigenvalue weighted by Gasteiger charge is 2.12. The third kappa shape index (κ3) is 3.74. The minimum absolute atomic E-state index is 0.487. The van der Waals surface area contributed by atoms with E-state index in [1.165, 1.54) is 25.8 Å². The fraction of sp³-hybridized carbons (Fsp3) is 0.636. The highest BCUT2D eigenvalue weighted by molar-refractivity contribution is 7.98. The Balaban J connectivity index is 1.65. The lowest BCUT2D eigenvalue weighted by Gasteiger charge is -2.22. The molecular formula is C11H16ClNOS. The van der Waals surface area contributed by atoms with Gasteiger partial charge in [0.1, 0.15) is 5.76 Å². The van der Waals surface area contributed by atoms with E-state index in [-0.39, 0.29) is 0 Å². The Hall–Kier alpha value is -0.120. The summed E-state index contributed by atoms with van der Waals surface area (Å²) in [5, 5.41) is 4.02. The summed E-state index contributed by atoms with van der Waals surface area (Å²) in [6, 6.07) is 4.44. The molecule has 2 rings (SSSR count). The fourth-order valence-corrected chi connectivity index (χ4v) is 3.00. The number of hydrogen-bond donors (Lipinski definition) is 1. The number of nitrogens with one attached hydrogen (secondary N) is 1. The van der Waals surface area contributed by atoms with Gasteiger partial charge in [-0.3, -0.25) is 0 Å². The van der Waals surface area contributed by atoms with Crippen LogP contribution in [0.15, 0.2) is 16.5 Å². The van der Waals surface area contributed by atoms with Crippen LogP contribution in [-0.2, 0) is 5.75 Å². The third-order valence-electron chi connectivity index (χ3n) is 2.60. The van der Waals surface area contributed by atoms with Crippen LogP contribution in [0, 0.1) is 0 Å². The summed E-state index contributed by atoms with van der Waals surface area (Å²) >= 11 is 7.61. The lowest BCUT2D eigenvalue weighted by atomic mass is 10.1. The maximum Gasteiger partial charge on any atom is 0.193 e. The van der Waals surface area contributed by atoms with Crippen LogP contribution in [0.1, 0.15) is 25.0 Å². The van der Waals surface area contributed by atoms with E-state index in [1.807, 2.05) is 17.8 Å². The summed E-state index contributed by atoms with van der Waals surface area (Å²) < 4.78 is 5.30. The van der Waals surface area contributed by atoms with Gasteiger partial charge in [-0.05, 0) is 43.1 Å². The van der Waals surface area contributed by atoms with E-state index in [0.717, 1.165) is 17.3 Å². The minimum Gasteiger partial charge on any atom is -0.449 e. The average molecular weight is 246 g/mol. The largest absolute Gasteiger partial charge is 0.449 e. The molecule has 0 aliphatic carbocycles. The average Bonchev–Trinajstić information content (AvgIpc) is 2.66. The molecule has 0 amide bonds. The monoisotopic (exact) mass is 245 g/mol. The summed E-state index contributed by atoms with van der Waals surface area (Å²) in [6.07, 6.45) is 4.01. The molecule has 1 N–H and O–H groups in total. The van der Waals surface area contributed by atoms with Gasteiger partial charge >= 0.3 is 0 Å². The fourth-order valence-electron chi connectivity index (χ4n) is 1.80. The molecule has 1 fully saturated rings. The Bertz CT molecular complexity index is 297. The number of piperidine rings is 1. The standard InChI is InChI=1S/C11H16ClNOS/c12-11-5-4-10(14-11)8-15-7-9-3-1-2-6-13-9/h4-5,9,13H,1-3,6-8H2. The van der Waals surface area contributed by atoms with E-state index in [4.69, 9.17) is 16.0 Å². The minimum atomic E-state index is 0.487. The highest BCUT2D eigenvalue weighted by Crippen LogP contribution is 2.20. The zero-order valence-electron chi connectivity index (χ0n) is 8.67. The van der Waals surface area contributed by atoms with Gasteiger partial charge in [-0.15, -0.1) is 0 Å². The molecule has 1 aliphatic heterocycles. The molecule has 1 unspecified atom stereocenters. The summed E-state index contributed by atoms with van der Waals surface area (Å²) in [5.74, 6) is 3.06. The van der Waals surface area contributed by atoms with Crippen molar-refractivity contribution in [3.8, 4) is 0 Å². The first-order valence-corrected chi connectivity index (χ1v) is 6.93. The second kappa shape index (κ2) is 5.83. The van der Waals surface area contributed by atoms with E-state index < -0.39 is 0 Å². The van der Waals surface area contributed by atoms with Crippen molar-refractivity contribution in [2.45, 2.75) is 31.1 Å². The number of furan rings is 1. The van der Waals surface area contributed by atoms with Crippen molar-refractivity contribution in [2.75, 3.05) is 12.3 Å². The molecule has 84 valence electrons. The summed E-state index contributed by atoms with van der Waals surface area (Å²) in [6.45, 7) is 1.18. The molecule has 1 saturated heterocycles. The molecule has 1 aromatic heterocycles. The molecule has 2 nitrogen and oxygen atoms in total. The van der Waals surface area contributed by atoms with Gasteiger partial charge in [0.15, 0.2) is 5.22 Å². The summed E-state index contributed by atoms with van der Waals surface area (Å²) in [7, 11) is 0. The second-order valence-electron chi connectivity index (χ2n) is 3.87. The van der Waals surface area contributed by atoms with Gasteiger partial charge in [-0.1, -0.05) is 6.42 Å². The molecule has 0 spiro atoms. The van der Waals surface area contributed by atoms with Crippen LogP contribution in [0.5, 0.6) is 0 Å². The van der Waals surface area contributed by atoms with Crippen LogP contribution in [0.3, 0.4) is 0 Å². The van der Waals surface area contributed by atoms with Gasteiger partial charge in [-0.2, -0.15) is 11.8 Å². The molecular weight excluding hydrogens is 230 g/mol. The molecule has 0 aromatic carbocycles. The van der Waals surface area contributed by atoms with Gasteiger partial charge in [0.05, 0.1) is 5.75 Å². The first kappa shape index (κ1) is 11.4. The smallest absolute Gasteiger partial charge is 0.193 e. The van der Waals surface area contributed by atoms with Crippen LogP contribution >= 0.6 is 23.4 Å². The van der Waals surface area contributed by atoms with Gasteiger partial charge in [0.2, 0.25) is 0 Å². The van der Waals surface area contributed by atoms with E-state index in [1.54, 1.807) is 6.07 Å². The molecule has 1 atom stereocenters. The topological polar surface area (TPSA) is 25.2 Å². The molecule has 1 aliphatic rings. The Morgan fingerprint density at radius 3 is 3.07 bits per heavy atom. The van der Waals surface area contributed by atoms with Crippen molar-refractivity contribution in [1.29, 1.82) is 0 Å². The van der Waals surface area contributed by atoms with Gasteiger partial charge in [0.25, 0.3) is 0 Å². The molecule has 4 heteroatoms. The SMILES string of the molecule is Clc1ccc(CSCC2CCCCN2)o1. The molecule has 1 aromatic rings. The zero-order valence-corrected chi connectivity index (χ0v) is 10.2. The Kier molecular flexibility index (Phi) is 4.42. The van der Waals surface area contributed by atoms with Crippen LogP contribution in [0.4, 0.5) is 0 Å². The Morgan fingerprint density at radius 1 is 1.47 bits per heavy atom. The van der Waals surface area contributed by atoms with Crippen molar-refractivity contribution < 1.29 is 4.42 Å². The second-order valence-corrected chi connectivity index (χ2v) is 5.27. The number of halogens is 1. The van der Waals surface area contributed by atoms with Crippen molar-refractivity contribution >= 4 is 23.4 Å². The van der Waals surface area contributed by atoms with E-state index >= 15 is 0 Å². The predicted molar refractivity (Wildman–Crippen MR) is 65.5 cm³/mol. The van der Waals surface area contributed by atoms with Crippen molar-refractivity contribution in [2.24, 2.45) is 0 Å². The van der Waals surface area contributed by atoms with Crippen LogP contribution in [-0.4, -0.2) is 18.3 Å². The number of thioether (sulfide) groups is 1. The highest BCUT2D eigenvalue weighted by atomic mass is 35.5. The lowest BCUT2D eigenvalue weighted by Crippen LogP contribution is -2.35. The Labute approximate surface area is 99.8 Å². The van der Waals surface area contributed by atoms with E-state index in [0.29, 0.717) is 11.3 Å². The normalized spacial score (nSPS) is 21.8. The van der Waals surface area contributed by atoms with Gasteiger partial charge in [-0.25, -0.2) is 0 Å². The van der Waals surface area contributed by atoms with Crippen molar-refractivity contribution in [3.63, 3.8) is 0 Å². The van der Waals surface area contributed by atoms with E-state index in [9.17, 15) is 0 Å². The van der Waals surface area contributed by atoms with Crippen LogP contribution in [0.2, 0.25) is 5.22 Å². The molecule has 0 radical (unpaired) electrons. The van der Waals surface area contributed by atoms with Gasteiger partial charge in [0, 0.05) is 11.8 Å². The van der Waals surface area contributed by atoms with Gasteiger partial charge < -0.3 is 9.73 Å². The number of rotatable bonds is 4. The van der Waals surface area contributed by atoms with Crippen LogP contribution < -0.4 is 5.32 Å². The molecule has 0 saturated carbocycles. The maximum atomic E-state index is 5.70. The zero-order chi connectivity index (χ0) is 10.5. The molecule has 2 heterocycles. The van der Waals surface area contributed by atoms with Crippen LogP contribution in [0.25, 0.3) is 0 Å². The number of hydrogen-bond acceptors (Lipinski definition) is 3. The Morgan fingerprint density at radius 2 is 2.40 bits per heavy atom. The quantitative estimate of drug-likeness (QED) is 0.881. The molecule has 15 heavy (non-hydrogen) atoms. The van der Waals surface area contributed by atoms with E-state index in [2.05, 4.69) is 5.32 Å².